The van der Waals surface area contributed by atoms with Crippen LogP contribution in [0.3, 0.4) is 0 Å². The maximum absolute atomic E-state index is 10.9. The zero-order valence-corrected chi connectivity index (χ0v) is 10.2. The van der Waals surface area contributed by atoms with Crippen molar-refractivity contribution in [3.8, 4) is 0 Å². The Morgan fingerprint density at radius 1 is 1.24 bits per heavy atom. The van der Waals surface area contributed by atoms with Crippen LogP contribution in [-0.2, 0) is 13.1 Å². The van der Waals surface area contributed by atoms with Crippen LogP contribution in [0.4, 0.5) is 0 Å². The maximum Gasteiger partial charge on any atom is 0.249 e. The number of benzene rings is 1. The highest BCUT2D eigenvalue weighted by molar-refractivity contribution is 7.10. The van der Waals surface area contributed by atoms with Crippen molar-refractivity contribution in [2.75, 3.05) is 0 Å². The molecule has 17 heavy (non-hydrogen) atoms. The minimum absolute atomic E-state index is 0.365. The fraction of sp³-hybridized carbons (Fsp3) is 0.154. The predicted octanol–water partition coefficient (Wildman–Crippen LogP) is 2.14. The lowest BCUT2D eigenvalue weighted by Crippen LogP contribution is -2.12. The average molecular weight is 246 g/mol. The number of hydrogen-bond acceptors (Lipinski definition) is 3. The largest absolute Gasteiger partial charge is 0.366 e. The first kappa shape index (κ1) is 11.8. The second kappa shape index (κ2) is 5.61. The van der Waals surface area contributed by atoms with Gasteiger partial charge in [-0.25, -0.2) is 0 Å². The van der Waals surface area contributed by atoms with E-state index in [-0.39, 0.29) is 5.91 Å². The first-order chi connectivity index (χ1) is 8.25. The summed E-state index contributed by atoms with van der Waals surface area (Å²) in [7, 11) is 0. The topological polar surface area (TPSA) is 55.1 Å². The van der Waals surface area contributed by atoms with Crippen LogP contribution < -0.4 is 11.1 Å². The summed E-state index contributed by atoms with van der Waals surface area (Å²) in [6.07, 6.45) is 0. The number of amides is 1. The lowest BCUT2D eigenvalue weighted by molar-refractivity contribution is 0.100. The number of nitrogens with two attached hydrogens (primary N) is 1. The number of hydrogen-bond donors (Lipinski definition) is 2. The highest BCUT2D eigenvalue weighted by atomic mass is 32.1. The second-order valence-corrected chi connectivity index (χ2v) is 4.75. The molecule has 0 fully saturated rings. The van der Waals surface area contributed by atoms with Crippen LogP contribution in [0.15, 0.2) is 41.8 Å². The molecule has 0 spiro atoms. The van der Waals surface area contributed by atoms with Gasteiger partial charge in [0, 0.05) is 23.3 Å². The van der Waals surface area contributed by atoms with E-state index < -0.39 is 0 Å². The van der Waals surface area contributed by atoms with Gasteiger partial charge in [0.25, 0.3) is 0 Å². The quantitative estimate of drug-likeness (QED) is 0.849. The third kappa shape index (κ3) is 3.41. The summed E-state index contributed by atoms with van der Waals surface area (Å²) in [4.78, 5) is 12.0. The van der Waals surface area contributed by atoms with Gasteiger partial charge in [-0.3, -0.25) is 4.79 Å². The number of rotatable bonds is 5. The fourth-order valence-electron chi connectivity index (χ4n) is 1.53. The zero-order chi connectivity index (χ0) is 12.1. The first-order valence-electron chi connectivity index (χ1n) is 5.37. The van der Waals surface area contributed by atoms with E-state index in [0.717, 1.165) is 18.0 Å². The number of carbonyl (C=O) groups is 1. The Hall–Kier alpha value is -1.65. The summed E-state index contributed by atoms with van der Waals surface area (Å²) < 4.78 is 0. The second-order valence-electron chi connectivity index (χ2n) is 3.76. The van der Waals surface area contributed by atoms with Crippen molar-refractivity contribution in [1.29, 1.82) is 0 Å². The van der Waals surface area contributed by atoms with Crippen LogP contribution in [0.1, 0.15) is 20.8 Å². The smallest absolute Gasteiger partial charge is 0.249 e. The first-order valence-corrected chi connectivity index (χ1v) is 6.25. The van der Waals surface area contributed by atoms with Gasteiger partial charge < -0.3 is 11.1 Å². The average Bonchev–Trinajstić information content (AvgIpc) is 2.79. The Kier molecular flexibility index (Phi) is 3.90. The van der Waals surface area contributed by atoms with E-state index in [1.165, 1.54) is 5.56 Å². The molecule has 0 bridgehead atoms. The van der Waals surface area contributed by atoms with Crippen LogP contribution in [0.2, 0.25) is 0 Å². The molecule has 4 heteroatoms. The number of carbonyl (C=O) groups excluding carboxylic acids is 1. The van der Waals surface area contributed by atoms with Crippen LogP contribution >= 0.6 is 11.3 Å². The van der Waals surface area contributed by atoms with Gasteiger partial charge in [0.05, 0.1) is 5.56 Å². The lowest BCUT2D eigenvalue weighted by atomic mass is 10.2. The molecule has 3 N–H and O–H groups in total. The van der Waals surface area contributed by atoms with Crippen LogP contribution in [-0.4, -0.2) is 5.91 Å². The van der Waals surface area contributed by atoms with Gasteiger partial charge in [0.1, 0.15) is 0 Å². The molecule has 0 aliphatic heterocycles. The van der Waals surface area contributed by atoms with Gasteiger partial charge in [-0.05, 0) is 11.6 Å². The Balaban J connectivity index is 1.84. The third-order valence-electron chi connectivity index (χ3n) is 2.41. The molecule has 0 aliphatic carbocycles. The standard InChI is InChI=1S/C13H14N2OS/c14-13(16)11-6-12(17-9-11)8-15-7-10-4-2-1-3-5-10/h1-6,9,15H,7-8H2,(H2,14,16). The van der Waals surface area contributed by atoms with Crippen molar-refractivity contribution < 1.29 is 4.79 Å². The van der Waals surface area contributed by atoms with E-state index in [0.29, 0.717) is 5.56 Å². The summed E-state index contributed by atoms with van der Waals surface area (Å²) in [5.74, 6) is -0.365. The molecule has 2 aromatic rings. The summed E-state index contributed by atoms with van der Waals surface area (Å²) in [5.41, 5.74) is 7.03. The highest BCUT2D eigenvalue weighted by Gasteiger charge is 2.03. The summed E-state index contributed by atoms with van der Waals surface area (Å²) >= 11 is 1.55. The molecule has 0 saturated heterocycles. The van der Waals surface area contributed by atoms with Gasteiger partial charge in [0.2, 0.25) is 5.91 Å². The molecule has 3 nitrogen and oxygen atoms in total. The molecule has 0 atom stereocenters. The molecule has 0 unspecified atom stereocenters. The minimum atomic E-state index is -0.365. The van der Waals surface area contributed by atoms with E-state index in [2.05, 4.69) is 17.4 Å². The van der Waals surface area contributed by atoms with E-state index in [9.17, 15) is 4.79 Å². The summed E-state index contributed by atoms with van der Waals surface area (Å²) in [5, 5.41) is 5.12. The molecule has 1 heterocycles. The number of thiophene rings is 1. The Morgan fingerprint density at radius 2 is 2.00 bits per heavy atom. The SMILES string of the molecule is NC(=O)c1csc(CNCc2ccccc2)c1. The molecule has 2 rings (SSSR count). The summed E-state index contributed by atoms with van der Waals surface area (Å²) in [6.45, 7) is 1.58. The van der Waals surface area contributed by atoms with Gasteiger partial charge in [0.15, 0.2) is 0 Å². The molecule has 0 saturated carbocycles. The Labute approximate surface area is 104 Å². The van der Waals surface area contributed by atoms with Crippen molar-refractivity contribution in [3.05, 3.63) is 57.8 Å². The molecule has 1 amide bonds. The van der Waals surface area contributed by atoms with Crippen molar-refractivity contribution in [2.45, 2.75) is 13.1 Å². The zero-order valence-electron chi connectivity index (χ0n) is 9.35. The molecule has 0 radical (unpaired) electrons. The number of nitrogens with one attached hydrogen (secondary N) is 1. The highest BCUT2D eigenvalue weighted by Crippen LogP contribution is 2.14. The molecule has 88 valence electrons. The van der Waals surface area contributed by atoms with E-state index in [4.69, 9.17) is 5.73 Å². The number of primary amides is 1. The van der Waals surface area contributed by atoms with Crippen molar-refractivity contribution in [1.82, 2.24) is 5.32 Å². The van der Waals surface area contributed by atoms with E-state index in [1.807, 2.05) is 24.3 Å². The fourth-order valence-corrected chi connectivity index (χ4v) is 2.37. The molecular weight excluding hydrogens is 232 g/mol. The van der Waals surface area contributed by atoms with Gasteiger partial charge in [-0.1, -0.05) is 30.3 Å². The molecule has 0 aliphatic rings. The molecule has 1 aromatic heterocycles. The normalized spacial score (nSPS) is 10.4. The van der Waals surface area contributed by atoms with E-state index >= 15 is 0 Å². The van der Waals surface area contributed by atoms with Crippen molar-refractivity contribution in [2.24, 2.45) is 5.73 Å². The van der Waals surface area contributed by atoms with Crippen molar-refractivity contribution in [3.63, 3.8) is 0 Å². The van der Waals surface area contributed by atoms with Crippen LogP contribution in [0.5, 0.6) is 0 Å². The van der Waals surface area contributed by atoms with E-state index in [1.54, 1.807) is 16.7 Å². The minimum Gasteiger partial charge on any atom is -0.366 e. The van der Waals surface area contributed by atoms with Gasteiger partial charge in [-0.2, -0.15) is 0 Å². The van der Waals surface area contributed by atoms with Crippen LogP contribution in [0.25, 0.3) is 0 Å². The maximum atomic E-state index is 10.9. The summed E-state index contributed by atoms with van der Waals surface area (Å²) in [6, 6.07) is 12.0. The molecular formula is C13H14N2OS. The Morgan fingerprint density at radius 3 is 2.65 bits per heavy atom. The van der Waals surface area contributed by atoms with Gasteiger partial charge >= 0.3 is 0 Å². The van der Waals surface area contributed by atoms with Gasteiger partial charge in [-0.15, -0.1) is 11.3 Å². The Bertz CT molecular complexity index is 493. The van der Waals surface area contributed by atoms with Crippen LogP contribution in [0, 0.1) is 0 Å². The predicted molar refractivity (Wildman–Crippen MR) is 69.8 cm³/mol. The molecule has 1 aromatic carbocycles. The van der Waals surface area contributed by atoms with Crippen molar-refractivity contribution >= 4 is 17.2 Å². The monoisotopic (exact) mass is 246 g/mol. The lowest BCUT2D eigenvalue weighted by Gasteiger charge is -2.02. The third-order valence-corrected chi connectivity index (χ3v) is 3.35.